The molecule has 110 valence electrons. The Labute approximate surface area is 121 Å². The maximum atomic E-state index is 13.4. The van der Waals surface area contributed by atoms with Gasteiger partial charge in [0.25, 0.3) is 5.91 Å². The van der Waals surface area contributed by atoms with Crippen molar-refractivity contribution >= 4 is 17.6 Å². The number of benzene rings is 1. The highest BCUT2D eigenvalue weighted by Gasteiger charge is 2.21. The van der Waals surface area contributed by atoms with E-state index >= 15 is 0 Å². The SMILES string of the molecule is CC(OC(=O)c1cccn1C)C(=O)Nc1ccccc1F. The lowest BCUT2D eigenvalue weighted by Crippen LogP contribution is -2.30. The first-order valence-electron chi connectivity index (χ1n) is 6.36. The molecule has 1 aromatic heterocycles. The molecule has 2 aromatic rings. The third kappa shape index (κ3) is 3.47. The number of aromatic nitrogens is 1. The zero-order chi connectivity index (χ0) is 15.4. The molecule has 0 spiro atoms. The van der Waals surface area contributed by atoms with Crippen molar-refractivity contribution in [1.82, 2.24) is 4.57 Å². The number of nitrogens with one attached hydrogen (secondary N) is 1. The van der Waals surface area contributed by atoms with E-state index < -0.39 is 23.8 Å². The van der Waals surface area contributed by atoms with Gasteiger partial charge >= 0.3 is 5.97 Å². The first-order valence-corrected chi connectivity index (χ1v) is 6.36. The summed E-state index contributed by atoms with van der Waals surface area (Å²) >= 11 is 0. The van der Waals surface area contributed by atoms with Gasteiger partial charge in [-0.2, -0.15) is 0 Å². The number of amides is 1. The molecule has 0 saturated carbocycles. The van der Waals surface area contributed by atoms with Gasteiger partial charge < -0.3 is 14.6 Å². The van der Waals surface area contributed by atoms with E-state index in [0.717, 1.165) is 0 Å². The maximum Gasteiger partial charge on any atom is 0.355 e. The summed E-state index contributed by atoms with van der Waals surface area (Å²) < 4.78 is 20.1. The van der Waals surface area contributed by atoms with Crippen LogP contribution in [0.25, 0.3) is 0 Å². The number of hydrogen-bond donors (Lipinski definition) is 1. The number of anilines is 1. The van der Waals surface area contributed by atoms with Crippen LogP contribution in [0.4, 0.5) is 10.1 Å². The summed E-state index contributed by atoms with van der Waals surface area (Å²) in [5.74, 6) is -1.76. The van der Waals surface area contributed by atoms with E-state index in [1.807, 2.05) is 0 Å². The standard InChI is InChI=1S/C15H15FN2O3/c1-10(21-15(20)13-8-5-9-18(13)2)14(19)17-12-7-4-3-6-11(12)16/h3-10H,1-2H3,(H,17,19). The summed E-state index contributed by atoms with van der Waals surface area (Å²) in [5, 5.41) is 2.38. The highest BCUT2D eigenvalue weighted by molar-refractivity contribution is 5.96. The normalized spacial score (nSPS) is 11.8. The molecule has 1 aromatic carbocycles. The fourth-order valence-electron chi connectivity index (χ4n) is 1.74. The Hall–Kier alpha value is -2.63. The third-order valence-corrected chi connectivity index (χ3v) is 2.94. The van der Waals surface area contributed by atoms with Crippen molar-refractivity contribution < 1.29 is 18.7 Å². The Balaban J connectivity index is 1.99. The molecule has 0 fully saturated rings. The van der Waals surface area contributed by atoms with E-state index in [-0.39, 0.29) is 5.69 Å². The summed E-state index contributed by atoms with van der Waals surface area (Å²) in [4.78, 5) is 23.8. The van der Waals surface area contributed by atoms with Gasteiger partial charge in [-0.25, -0.2) is 9.18 Å². The first kappa shape index (κ1) is 14.8. The number of esters is 1. The van der Waals surface area contributed by atoms with Crippen LogP contribution in [0.15, 0.2) is 42.6 Å². The van der Waals surface area contributed by atoms with Crippen LogP contribution in [0.1, 0.15) is 17.4 Å². The minimum Gasteiger partial charge on any atom is -0.448 e. The van der Waals surface area contributed by atoms with Crippen LogP contribution < -0.4 is 5.32 Å². The number of hydrogen-bond acceptors (Lipinski definition) is 3. The monoisotopic (exact) mass is 290 g/mol. The van der Waals surface area contributed by atoms with Crippen molar-refractivity contribution in [3.05, 3.63) is 54.1 Å². The Kier molecular flexibility index (Phi) is 4.37. The van der Waals surface area contributed by atoms with E-state index in [9.17, 15) is 14.0 Å². The second kappa shape index (κ2) is 6.21. The minimum atomic E-state index is -1.04. The second-order valence-corrected chi connectivity index (χ2v) is 4.52. The number of aryl methyl sites for hydroxylation is 1. The topological polar surface area (TPSA) is 60.3 Å². The summed E-state index contributed by atoms with van der Waals surface area (Å²) in [6.45, 7) is 1.43. The molecule has 0 aliphatic heterocycles. The van der Waals surface area contributed by atoms with Crippen LogP contribution in [-0.2, 0) is 16.6 Å². The van der Waals surface area contributed by atoms with Crippen LogP contribution in [0.3, 0.4) is 0 Å². The number of para-hydroxylation sites is 1. The van der Waals surface area contributed by atoms with E-state index in [1.165, 1.54) is 25.1 Å². The van der Waals surface area contributed by atoms with Crippen LogP contribution >= 0.6 is 0 Å². The van der Waals surface area contributed by atoms with Gasteiger partial charge in [-0.15, -0.1) is 0 Å². The highest BCUT2D eigenvalue weighted by Crippen LogP contribution is 2.13. The lowest BCUT2D eigenvalue weighted by Gasteiger charge is -2.14. The zero-order valence-corrected chi connectivity index (χ0v) is 11.7. The fraction of sp³-hybridized carbons (Fsp3) is 0.200. The van der Waals surface area contributed by atoms with Gasteiger partial charge in [-0.05, 0) is 31.2 Å². The number of halogens is 1. The average molecular weight is 290 g/mol. The number of ether oxygens (including phenoxy) is 1. The van der Waals surface area contributed by atoms with Crippen LogP contribution in [0.2, 0.25) is 0 Å². The highest BCUT2D eigenvalue weighted by atomic mass is 19.1. The van der Waals surface area contributed by atoms with E-state index in [0.29, 0.717) is 5.69 Å². The first-order chi connectivity index (χ1) is 9.99. The van der Waals surface area contributed by atoms with Crippen molar-refractivity contribution in [1.29, 1.82) is 0 Å². The molecule has 5 nitrogen and oxygen atoms in total. The predicted octanol–water partition coefficient (Wildman–Crippen LogP) is 2.35. The molecule has 1 heterocycles. The van der Waals surface area contributed by atoms with Gasteiger partial charge in [-0.3, -0.25) is 4.79 Å². The second-order valence-electron chi connectivity index (χ2n) is 4.52. The van der Waals surface area contributed by atoms with Gasteiger partial charge in [0.2, 0.25) is 0 Å². The summed E-state index contributed by atoms with van der Waals surface area (Å²) in [5.41, 5.74) is 0.379. The molecule has 0 bridgehead atoms. The van der Waals surface area contributed by atoms with E-state index in [2.05, 4.69) is 5.32 Å². The lowest BCUT2D eigenvalue weighted by molar-refractivity contribution is -0.123. The van der Waals surface area contributed by atoms with Crippen molar-refractivity contribution in [3.63, 3.8) is 0 Å². The lowest BCUT2D eigenvalue weighted by atomic mass is 10.3. The summed E-state index contributed by atoms with van der Waals surface area (Å²) in [7, 11) is 1.70. The molecule has 0 aliphatic rings. The molecule has 0 saturated heterocycles. The number of nitrogens with zero attached hydrogens (tertiary/aromatic N) is 1. The van der Waals surface area contributed by atoms with E-state index in [1.54, 1.807) is 36.0 Å². The molecule has 6 heteroatoms. The van der Waals surface area contributed by atoms with Gasteiger partial charge in [0.15, 0.2) is 6.10 Å². The molecule has 1 unspecified atom stereocenters. The Morgan fingerprint density at radius 2 is 1.95 bits per heavy atom. The van der Waals surface area contributed by atoms with E-state index in [4.69, 9.17) is 4.74 Å². The van der Waals surface area contributed by atoms with Crippen LogP contribution in [0, 0.1) is 5.82 Å². The minimum absolute atomic E-state index is 0.0456. The van der Waals surface area contributed by atoms with Gasteiger partial charge in [0.1, 0.15) is 11.5 Å². The largest absolute Gasteiger partial charge is 0.448 e. The van der Waals surface area contributed by atoms with Crippen molar-refractivity contribution in [2.75, 3.05) is 5.32 Å². The zero-order valence-electron chi connectivity index (χ0n) is 11.7. The smallest absolute Gasteiger partial charge is 0.355 e. The molecule has 0 aliphatic carbocycles. The van der Waals surface area contributed by atoms with Gasteiger partial charge in [0.05, 0.1) is 5.69 Å². The van der Waals surface area contributed by atoms with Crippen molar-refractivity contribution in [2.24, 2.45) is 7.05 Å². The molecular formula is C15H15FN2O3. The summed E-state index contributed by atoms with van der Waals surface area (Å²) in [6.07, 6.45) is 0.660. The average Bonchev–Trinajstić information content (AvgIpc) is 2.87. The van der Waals surface area contributed by atoms with Crippen molar-refractivity contribution in [2.45, 2.75) is 13.0 Å². The molecule has 1 amide bonds. The third-order valence-electron chi connectivity index (χ3n) is 2.94. The predicted molar refractivity (Wildman–Crippen MR) is 75.3 cm³/mol. The molecule has 1 N–H and O–H groups in total. The van der Waals surface area contributed by atoms with Crippen LogP contribution in [0.5, 0.6) is 0 Å². The Bertz CT molecular complexity index is 666. The Morgan fingerprint density at radius 3 is 2.57 bits per heavy atom. The molecule has 2 rings (SSSR count). The fourth-order valence-corrected chi connectivity index (χ4v) is 1.74. The number of rotatable bonds is 4. The molecule has 0 radical (unpaired) electrons. The Morgan fingerprint density at radius 1 is 1.24 bits per heavy atom. The van der Waals surface area contributed by atoms with Crippen molar-refractivity contribution in [3.8, 4) is 0 Å². The number of carbonyl (C=O) groups excluding carboxylic acids is 2. The van der Waals surface area contributed by atoms with Gasteiger partial charge in [-0.1, -0.05) is 12.1 Å². The maximum absolute atomic E-state index is 13.4. The number of carbonyl (C=O) groups is 2. The quantitative estimate of drug-likeness (QED) is 0.879. The van der Waals surface area contributed by atoms with Crippen LogP contribution in [-0.4, -0.2) is 22.5 Å². The molecule has 1 atom stereocenters. The summed E-state index contributed by atoms with van der Waals surface area (Å²) in [6, 6.07) is 9.06. The van der Waals surface area contributed by atoms with Gasteiger partial charge in [0, 0.05) is 13.2 Å². The molecule has 21 heavy (non-hydrogen) atoms. The molecular weight excluding hydrogens is 275 g/mol.